The van der Waals surface area contributed by atoms with Crippen LogP contribution in [0.1, 0.15) is 39.5 Å². The van der Waals surface area contributed by atoms with E-state index in [1.165, 1.54) is 0 Å². The van der Waals surface area contributed by atoms with Gasteiger partial charge < -0.3 is 9.47 Å². The van der Waals surface area contributed by atoms with Gasteiger partial charge in [0.25, 0.3) is 0 Å². The highest BCUT2D eigenvalue weighted by Gasteiger charge is 2.06. The molecule has 0 aromatic rings. The van der Waals surface area contributed by atoms with Crippen molar-refractivity contribution in [3.8, 4) is 0 Å². The van der Waals surface area contributed by atoms with E-state index in [1.807, 2.05) is 0 Å². The lowest BCUT2D eigenvalue weighted by Crippen LogP contribution is -2.12. The molecule has 0 aliphatic rings. The molecule has 0 amide bonds. The Bertz CT molecular complexity index is 245. The van der Waals surface area contributed by atoms with Crippen molar-refractivity contribution in [2.45, 2.75) is 39.5 Å². The van der Waals surface area contributed by atoms with E-state index in [2.05, 4.69) is 13.5 Å². The van der Waals surface area contributed by atoms with Crippen LogP contribution in [0.5, 0.6) is 0 Å². The molecule has 0 spiro atoms. The van der Waals surface area contributed by atoms with E-state index < -0.39 is 5.97 Å². The summed E-state index contributed by atoms with van der Waals surface area (Å²) in [6, 6.07) is 0. The van der Waals surface area contributed by atoms with Gasteiger partial charge in [0.05, 0.1) is 13.0 Å². The van der Waals surface area contributed by atoms with Crippen LogP contribution in [0.4, 0.5) is 0 Å². The van der Waals surface area contributed by atoms with Gasteiger partial charge in [0.15, 0.2) is 0 Å². The van der Waals surface area contributed by atoms with Gasteiger partial charge >= 0.3 is 11.9 Å². The van der Waals surface area contributed by atoms with Gasteiger partial charge in [-0.25, -0.2) is 4.79 Å². The Morgan fingerprint density at radius 3 is 2.38 bits per heavy atom. The smallest absolute Gasteiger partial charge is 0.333 e. The van der Waals surface area contributed by atoms with Crippen molar-refractivity contribution in [1.82, 2.24) is 0 Å². The molecule has 4 heteroatoms. The zero-order chi connectivity index (χ0) is 12.4. The van der Waals surface area contributed by atoms with E-state index >= 15 is 0 Å². The quantitative estimate of drug-likeness (QED) is 0.363. The molecule has 0 atom stereocenters. The van der Waals surface area contributed by atoms with E-state index in [4.69, 9.17) is 9.47 Å². The topological polar surface area (TPSA) is 52.6 Å². The van der Waals surface area contributed by atoms with Gasteiger partial charge in [-0.05, 0) is 13.3 Å². The number of esters is 2. The first-order valence-electron chi connectivity index (χ1n) is 5.56. The van der Waals surface area contributed by atoms with E-state index in [9.17, 15) is 9.59 Å². The maximum Gasteiger partial charge on any atom is 0.333 e. The van der Waals surface area contributed by atoms with Crippen LogP contribution >= 0.6 is 0 Å². The molecule has 0 N–H and O–H groups in total. The number of carbonyl (C=O) groups is 2. The molecule has 0 fully saturated rings. The molecule has 0 bridgehead atoms. The second kappa shape index (κ2) is 8.95. The summed E-state index contributed by atoms with van der Waals surface area (Å²) in [5.74, 6) is -0.801. The first-order valence-corrected chi connectivity index (χ1v) is 5.56. The highest BCUT2D eigenvalue weighted by atomic mass is 16.5. The molecule has 0 aliphatic carbocycles. The van der Waals surface area contributed by atoms with Crippen molar-refractivity contribution in [2.75, 3.05) is 13.2 Å². The van der Waals surface area contributed by atoms with Crippen LogP contribution in [0.15, 0.2) is 12.2 Å². The second-order valence-corrected chi connectivity index (χ2v) is 3.59. The number of hydrogen-bond acceptors (Lipinski definition) is 4. The van der Waals surface area contributed by atoms with Gasteiger partial charge in [0, 0.05) is 5.57 Å². The summed E-state index contributed by atoms with van der Waals surface area (Å²) in [6.07, 6.45) is 3.13. The molecule has 92 valence electrons. The fourth-order valence-electron chi connectivity index (χ4n) is 0.960. The van der Waals surface area contributed by atoms with Gasteiger partial charge in [-0.15, -0.1) is 0 Å². The zero-order valence-electron chi connectivity index (χ0n) is 10.1. The summed E-state index contributed by atoms with van der Waals surface area (Å²) in [7, 11) is 0. The minimum absolute atomic E-state index is 0.0539. The van der Waals surface area contributed by atoms with E-state index in [1.54, 1.807) is 6.92 Å². The third-order valence-electron chi connectivity index (χ3n) is 1.90. The fraction of sp³-hybridized carbons (Fsp3) is 0.667. The van der Waals surface area contributed by atoms with Crippen molar-refractivity contribution >= 4 is 11.9 Å². The van der Waals surface area contributed by atoms with Crippen LogP contribution in [0.25, 0.3) is 0 Å². The Hall–Kier alpha value is -1.32. The highest BCUT2D eigenvalue weighted by Crippen LogP contribution is 1.97. The normalized spacial score (nSPS) is 9.62. The van der Waals surface area contributed by atoms with Crippen molar-refractivity contribution in [3.63, 3.8) is 0 Å². The summed E-state index contributed by atoms with van der Waals surface area (Å²) in [4.78, 5) is 22.1. The molecule has 0 aromatic carbocycles. The minimum atomic E-state index is -0.473. The van der Waals surface area contributed by atoms with Crippen molar-refractivity contribution < 1.29 is 19.1 Å². The Morgan fingerprint density at radius 1 is 1.12 bits per heavy atom. The largest absolute Gasteiger partial charge is 0.466 e. The van der Waals surface area contributed by atoms with E-state index in [0.29, 0.717) is 12.2 Å². The average Bonchev–Trinajstić information content (AvgIpc) is 2.24. The molecule has 0 unspecified atom stereocenters. The highest BCUT2D eigenvalue weighted by molar-refractivity contribution is 5.87. The number of ether oxygens (including phenoxy) is 2. The van der Waals surface area contributed by atoms with Gasteiger partial charge in [-0.3, -0.25) is 4.79 Å². The number of unbranched alkanes of at least 4 members (excludes halogenated alkanes) is 2. The summed E-state index contributed by atoms with van der Waals surface area (Å²) in [6.45, 7) is 7.57. The molecule has 16 heavy (non-hydrogen) atoms. The molecule has 0 aliphatic heterocycles. The zero-order valence-corrected chi connectivity index (χ0v) is 10.1. The molecular formula is C12H20O4. The number of rotatable bonds is 8. The Labute approximate surface area is 96.6 Å². The standard InChI is InChI=1S/C12H20O4/c1-4-5-6-8-15-11(13)7-9-16-12(14)10(2)3/h2,4-9H2,1,3H3. The van der Waals surface area contributed by atoms with Gasteiger partial charge in [-0.2, -0.15) is 0 Å². The monoisotopic (exact) mass is 228 g/mol. The molecule has 0 aromatic heterocycles. The maximum atomic E-state index is 11.1. The minimum Gasteiger partial charge on any atom is -0.466 e. The first-order chi connectivity index (χ1) is 7.57. The average molecular weight is 228 g/mol. The van der Waals surface area contributed by atoms with Crippen molar-refractivity contribution in [1.29, 1.82) is 0 Å². The van der Waals surface area contributed by atoms with Crippen LogP contribution < -0.4 is 0 Å². The second-order valence-electron chi connectivity index (χ2n) is 3.59. The van der Waals surface area contributed by atoms with Gasteiger partial charge in [-0.1, -0.05) is 26.3 Å². The molecule has 0 heterocycles. The van der Waals surface area contributed by atoms with Crippen molar-refractivity contribution in [2.24, 2.45) is 0 Å². The molecule has 0 saturated carbocycles. The Balaban J connectivity index is 3.44. The van der Waals surface area contributed by atoms with Crippen LogP contribution in [0.2, 0.25) is 0 Å². The summed E-state index contributed by atoms with van der Waals surface area (Å²) in [5, 5.41) is 0. The summed E-state index contributed by atoms with van der Waals surface area (Å²) >= 11 is 0. The lowest BCUT2D eigenvalue weighted by atomic mass is 10.3. The van der Waals surface area contributed by atoms with Crippen molar-refractivity contribution in [3.05, 3.63) is 12.2 Å². The molecule has 0 rings (SSSR count). The first kappa shape index (κ1) is 14.7. The lowest BCUT2D eigenvalue weighted by molar-refractivity contribution is -0.147. The third-order valence-corrected chi connectivity index (χ3v) is 1.90. The van der Waals surface area contributed by atoms with Gasteiger partial charge in [0.2, 0.25) is 0 Å². The number of hydrogen-bond donors (Lipinski definition) is 0. The summed E-state index contributed by atoms with van der Waals surface area (Å²) < 4.78 is 9.70. The maximum absolute atomic E-state index is 11.1. The molecule has 4 nitrogen and oxygen atoms in total. The third kappa shape index (κ3) is 8.03. The SMILES string of the molecule is C=C(C)C(=O)OCCC(=O)OCCCCC. The predicted molar refractivity (Wildman–Crippen MR) is 60.9 cm³/mol. The molecule has 0 saturated heterocycles. The van der Waals surface area contributed by atoms with Crippen LogP contribution in [-0.4, -0.2) is 25.2 Å². The van der Waals surface area contributed by atoms with Crippen LogP contribution in [0.3, 0.4) is 0 Å². The van der Waals surface area contributed by atoms with Gasteiger partial charge in [0.1, 0.15) is 6.61 Å². The number of carbonyl (C=O) groups excluding carboxylic acids is 2. The van der Waals surface area contributed by atoms with E-state index in [0.717, 1.165) is 19.3 Å². The van der Waals surface area contributed by atoms with Crippen LogP contribution in [-0.2, 0) is 19.1 Å². The molecule has 0 radical (unpaired) electrons. The lowest BCUT2D eigenvalue weighted by Gasteiger charge is -2.05. The summed E-state index contributed by atoms with van der Waals surface area (Å²) in [5.41, 5.74) is 0.330. The van der Waals surface area contributed by atoms with Crippen LogP contribution in [0, 0.1) is 0 Å². The Morgan fingerprint density at radius 2 is 1.81 bits per heavy atom. The molecular weight excluding hydrogens is 208 g/mol. The predicted octanol–water partition coefficient (Wildman–Crippen LogP) is 2.23. The fourth-order valence-corrected chi connectivity index (χ4v) is 0.960. The Kier molecular flexibility index (Phi) is 8.21. The van der Waals surface area contributed by atoms with E-state index in [-0.39, 0.29) is 19.0 Å².